The van der Waals surface area contributed by atoms with Crippen molar-refractivity contribution in [3.8, 4) is 0 Å². The van der Waals surface area contributed by atoms with E-state index in [-0.39, 0.29) is 11.3 Å². The quantitative estimate of drug-likeness (QED) is 0.734. The molecule has 1 heterocycles. The van der Waals surface area contributed by atoms with E-state index in [0.29, 0.717) is 12.6 Å². The molecular formula is C16H33N3O2. The Labute approximate surface area is 129 Å². The summed E-state index contributed by atoms with van der Waals surface area (Å²) in [6.45, 7) is 11.0. The zero-order valence-electron chi connectivity index (χ0n) is 14.2. The number of carbonyl (C=O) groups excluding carboxylic acids is 1. The monoisotopic (exact) mass is 299 g/mol. The highest BCUT2D eigenvalue weighted by Gasteiger charge is 2.39. The third-order valence-corrected chi connectivity index (χ3v) is 5.14. The molecule has 1 saturated heterocycles. The molecule has 1 atom stereocenters. The number of nitrogens with zero attached hydrogens (tertiary/aromatic N) is 2. The maximum Gasteiger partial charge on any atom is 0.230 e. The Bertz CT molecular complexity index is 310. The average molecular weight is 299 g/mol. The van der Waals surface area contributed by atoms with Crippen molar-refractivity contribution < 1.29 is 9.53 Å². The predicted molar refractivity (Wildman–Crippen MR) is 86.2 cm³/mol. The summed E-state index contributed by atoms with van der Waals surface area (Å²) in [5.41, 5.74) is 5.55. The standard InChI is InChI=1S/C16H33N3O2/c1-5-14-12-19(9-8-18(14)10-11-21-4)15(20)16(6-2,7-3)13-17/h14H,5-13,17H2,1-4H3. The molecule has 0 aromatic rings. The average Bonchev–Trinajstić information content (AvgIpc) is 2.54. The molecule has 1 aliphatic rings. The normalized spacial score (nSPS) is 20.8. The SMILES string of the molecule is CCC1CN(C(=O)C(CC)(CC)CN)CCN1CCOC. The van der Waals surface area contributed by atoms with Gasteiger partial charge in [-0.05, 0) is 19.3 Å². The third kappa shape index (κ3) is 4.18. The van der Waals surface area contributed by atoms with Crippen LogP contribution in [0, 0.1) is 5.41 Å². The van der Waals surface area contributed by atoms with Crippen LogP contribution in [0.25, 0.3) is 0 Å². The van der Waals surface area contributed by atoms with Crippen LogP contribution < -0.4 is 5.73 Å². The molecule has 5 nitrogen and oxygen atoms in total. The van der Waals surface area contributed by atoms with Gasteiger partial charge in [0, 0.05) is 45.9 Å². The van der Waals surface area contributed by atoms with Crippen LogP contribution in [0.2, 0.25) is 0 Å². The molecular weight excluding hydrogens is 266 g/mol. The number of rotatable bonds is 8. The van der Waals surface area contributed by atoms with E-state index in [1.165, 1.54) is 0 Å². The van der Waals surface area contributed by atoms with Gasteiger partial charge in [0.05, 0.1) is 12.0 Å². The van der Waals surface area contributed by atoms with Crippen molar-refractivity contribution in [1.29, 1.82) is 0 Å². The summed E-state index contributed by atoms with van der Waals surface area (Å²) in [4.78, 5) is 17.4. The van der Waals surface area contributed by atoms with Crippen LogP contribution in [-0.2, 0) is 9.53 Å². The number of amides is 1. The van der Waals surface area contributed by atoms with Crippen molar-refractivity contribution >= 4 is 5.91 Å². The van der Waals surface area contributed by atoms with Crippen LogP contribution in [0.5, 0.6) is 0 Å². The van der Waals surface area contributed by atoms with E-state index in [1.807, 2.05) is 4.90 Å². The predicted octanol–water partition coefficient (Wildman–Crippen LogP) is 1.32. The summed E-state index contributed by atoms with van der Waals surface area (Å²) in [6.07, 6.45) is 2.69. The summed E-state index contributed by atoms with van der Waals surface area (Å²) in [5, 5.41) is 0. The fraction of sp³-hybridized carbons (Fsp3) is 0.938. The van der Waals surface area contributed by atoms with Crippen LogP contribution in [0.3, 0.4) is 0 Å². The van der Waals surface area contributed by atoms with Gasteiger partial charge in [0.15, 0.2) is 0 Å². The summed E-state index contributed by atoms with van der Waals surface area (Å²) in [5.74, 6) is 0.250. The zero-order chi connectivity index (χ0) is 15.9. The Morgan fingerprint density at radius 2 is 1.95 bits per heavy atom. The summed E-state index contributed by atoms with van der Waals surface area (Å²) in [7, 11) is 1.73. The molecule has 2 N–H and O–H groups in total. The lowest BCUT2D eigenvalue weighted by atomic mass is 9.80. The Morgan fingerprint density at radius 3 is 2.43 bits per heavy atom. The fourth-order valence-electron chi connectivity index (χ4n) is 3.23. The fourth-order valence-corrected chi connectivity index (χ4v) is 3.23. The summed E-state index contributed by atoms with van der Waals surface area (Å²) in [6, 6.07) is 0.432. The lowest BCUT2D eigenvalue weighted by Gasteiger charge is -2.44. The zero-order valence-corrected chi connectivity index (χ0v) is 14.2. The van der Waals surface area contributed by atoms with Crippen LogP contribution in [-0.4, -0.2) is 68.2 Å². The van der Waals surface area contributed by atoms with Gasteiger partial charge in [0.25, 0.3) is 0 Å². The van der Waals surface area contributed by atoms with Crippen LogP contribution in [0.4, 0.5) is 0 Å². The maximum absolute atomic E-state index is 12.9. The van der Waals surface area contributed by atoms with Gasteiger partial charge < -0.3 is 15.4 Å². The van der Waals surface area contributed by atoms with E-state index < -0.39 is 0 Å². The van der Waals surface area contributed by atoms with Crippen LogP contribution in [0.1, 0.15) is 40.0 Å². The number of methoxy groups -OCH3 is 1. The molecule has 0 aliphatic carbocycles. The minimum atomic E-state index is -0.368. The minimum absolute atomic E-state index is 0.250. The van der Waals surface area contributed by atoms with Crippen molar-refractivity contribution in [1.82, 2.24) is 9.80 Å². The molecule has 1 aliphatic heterocycles. The summed E-state index contributed by atoms with van der Waals surface area (Å²) >= 11 is 0. The first kappa shape index (κ1) is 18.4. The molecule has 0 saturated carbocycles. The van der Waals surface area contributed by atoms with E-state index in [0.717, 1.165) is 52.0 Å². The van der Waals surface area contributed by atoms with E-state index in [9.17, 15) is 4.79 Å². The number of nitrogens with two attached hydrogens (primary N) is 1. The van der Waals surface area contributed by atoms with Gasteiger partial charge in [-0.3, -0.25) is 9.69 Å². The van der Waals surface area contributed by atoms with Gasteiger partial charge in [0.2, 0.25) is 5.91 Å². The van der Waals surface area contributed by atoms with Crippen molar-refractivity contribution in [2.45, 2.75) is 46.1 Å². The van der Waals surface area contributed by atoms with Gasteiger partial charge in [0.1, 0.15) is 0 Å². The van der Waals surface area contributed by atoms with Crippen LogP contribution in [0.15, 0.2) is 0 Å². The smallest absolute Gasteiger partial charge is 0.230 e. The Hall–Kier alpha value is -0.650. The Kier molecular flexibility index (Phi) is 7.63. The van der Waals surface area contributed by atoms with Crippen molar-refractivity contribution in [3.05, 3.63) is 0 Å². The molecule has 0 bridgehead atoms. The highest BCUT2D eigenvalue weighted by Crippen LogP contribution is 2.29. The largest absolute Gasteiger partial charge is 0.383 e. The van der Waals surface area contributed by atoms with Crippen molar-refractivity contribution in [2.24, 2.45) is 11.1 Å². The molecule has 1 unspecified atom stereocenters. The third-order valence-electron chi connectivity index (χ3n) is 5.14. The molecule has 1 amide bonds. The molecule has 1 rings (SSSR count). The first-order valence-electron chi connectivity index (χ1n) is 8.30. The second-order valence-electron chi connectivity index (χ2n) is 6.03. The van der Waals surface area contributed by atoms with Gasteiger partial charge in [-0.1, -0.05) is 20.8 Å². The minimum Gasteiger partial charge on any atom is -0.383 e. The van der Waals surface area contributed by atoms with E-state index in [4.69, 9.17) is 10.5 Å². The number of carbonyl (C=O) groups is 1. The molecule has 0 aromatic carbocycles. The molecule has 0 radical (unpaired) electrons. The highest BCUT2D eigenvalue weighted by atomic mass is 16.5. The number of ether oxygens (including phenoxy) is 1. The first-order chi connectivity index (χ1) is 10.1. The lowest BCUT2D eigenvalue weighted by Crippen LogP contribution is -2.58. The van der Waals surface area contributed by atoms with Gasteiger partial charge in [-0.15, -0.1) is 0 Å². The first-order valence-corrected chi connectivity index (χ1v) is 8.30. The molecule has 0 spiro atoms. The highest BCUT2D eigenvalue weighted by molar-refractivity contribution is 5.83. The van der Waals surface area contributed by atoms with E-state index in [2.05, 4.69) is 25.7 Å². The second-order valence-corrected chi connectivity index (χ2v) is 6.03. The topological polar surface area (TPSA) is 58.8 Å². The molecule has 124 valence electrons. The summed E-state index contributed by atoms with van der Waals surface area (Å²) < 4.78 is 5.18. The number of hydrogen-bond acceptors (Lipinski definition) is 4. The van der Waals surface area contributed by atoms with Crippen molar-refractivity contribution in [2.75, 3.05) is 46.4 Å². The molecule has 5 heteroatoms. The second kappa shape index (κ2) is 8.71. The Morgan fingerprint density at radius 1 is 1.29 bits per heavy atom. The molecule has 0 aromatic heterocycles. The van der Waals surface area contributed by atoms with Gasteiger partial charge in [-0.25, -0.2) is 0 Å². The molecule has 1 fully saturated rings. The van der Waals surface area contributed by atoms with E-state index >= 15 is 0 Å². The number of hydrogen-bond donors (Lipinski definition) is 1. The van der Waals surface area contributed by atoms with Crippen LogP contribution >= 0.6 is 0 Å². The Balaban J connectivity index is 2.72. The molecule has 21 heavy (non-hydrogen) atoms. The van der Waals surface area contributed by atoms with E-state index in [1.54, 1.807) is 7.11 Å². The maximum atomic E-state index is 12.9. The van der Waals surface area contributed by atoms with Crippen molar-refractivity contribution in [3.63, 3.8) is 0 Å². The number of piperazine rings is 1. The van der Waals surface area contributed by atoms with Gasteiger partial charge >= 0.3 is 0 Å². The lowest BCUT2D eigenvalue weighted by molar-refractivity contribution is -0.145. The van der Waals surface area contributed by atoms with Gasteiger partial charge in [-0.2, -0.15) is 0 Å².